The summed E-state index contributed by atoms with van der Waals surface area (Å²) in [6.45, 7) is 6.81. The number of hydrogen-bond donors (Lipinski definition) is 2. The molecule has 2 aromatic rings. The average molecular weight is 434 g/mol. The van der Waals surface area contributed by atoms with Crippen molar-refractivity contribution in [2.45, 2.75) is 46.1 Å². The number of urea groups is 1. The Bertz CT molecular complexity index is 1060. The Labute approximate surface area is 189 Å². The zero-order valence-electron chi connectivity index (χ0n) is 19.2. The number of Topliss-reactive ketones (excluding diaryl/α,β-unsaturated/α-hetero) is 1. The summed E-state index contributed by atoms with van der Waals surface area (Å²) in [4.78, 5) is 28.8. The Kier molecular flexibility index (Phi) is 5.96. The van der Waals surface area contributed by atoms with Gasteiger partial charge in [0.15, 0.2) is 5.78 Å². The Balaban J connectivity index is 1.95. The molecule has 1 aliphatic heterocycles. The summed E-state index contributed by atoms with van der Waals surface area (Å²) >= 11 is 0. The van der Waals surface area contributed by atoms with Crippen LogP contribution in [0.2, 0.25) is 0 Å². The fourth-order valence-corrected chi connectivity index (χ4v) is 4.63. The number of para-hydroxylation sites is 2. The molecule has 1 aliphatic carbocycles. The third-order valence-corrected chi connectivity index (χ3v) is 6.08. The molecule has 1 heterocycles. The van der Waals surface area contributed by atoms with Gasteiger partial charge in [-0.25, -0.2) is 4.79 Å². The van der Waals surface area contributed by atoms with Gasteiger partial charge in [0.25, 0.3) is 0 Å². The summed E-state index contributed by atoms with van der Waals surface area (Å²) in [6, 6.07) is 14.6. The third-order valence-electron chi connectivity index (χ3n) is 6.08. The molecule has 6 nitrogen and oxygen atoms in total. The highest BCUT2D eigenvalue weighted by Crippen LogP contribution is 2.48. The summed E-state index contributed by atoms with van der Waals surface area (Å²) in [6.07, 6.45) is 2.01. The zero-order valence-corrected chi connectivity index (χ0v) is 19.2. The van der Waals surface area contributed by atoms with Gasteiger partial charge in [-0.05, 0) is 48.1 Å². The van der Waals surface area contributed by atoms with Crippen LogP contribution < -0.4 is 20.3 Å². The molecule has 1 atom stereocenters. The van der Waals surface area contributed by atoms with Gasteiger partial charge < -0.3 is 15.4 Å². The number of nitrogens with one attached hydrogen (secondary N) is 2. The molecule has 168 valence electrons. The molecule has 2 N–H and O–H groups in total. The van der Waals surface area contributed by atoms with Crippen LogP contribution in [-0.2, 0) is 4.79 Å². The summed E-state index contributed by atoms with van der Waals surface area (Å²) < 4.78 is 5.34. The first-order valence-electron chi connectivity index (χ1n) is 11.2. The summed E-state index contributed by atoms with van der Waals surface area (Å²) in [5.41, 5.74) is 3.86. The fourth-order valence-electron chi connectivity index (χ4n) is 4.63. The van der Waals surface area contributed by atoms with E-state index in [1.54, 1.807) is 12.0 Å². The number of carbonyl (C=O) groups is 2. The van der Waals surface area contributed by atoms with Crippen LogP contribution in [0.4, 0.5) is 16.2 Å². The fraction of sp³-hybridized carbons (Fsp3) is 0.385. The molecular formula is C26H31N3O3. The van der Waals surface area contributed by atoms with Crippen LogP contribution in [0.1, 0.15) is 51.6 Å². The second-order valence-electron chi connectivity index (χ2n) is 9.25. The van der Waals surface area contributed by atoms with Crippen molar-refractivity contribution in [1.82, 2.24) is 5.32 Å². The molecule has 0 radical (unpaired) electrons. The molecule has 0 saturated heterocycles. The van der Waals surface area contributed by atoms with Crippen LogP contribution in [0.3, 0.4) is 0 Å². The molecule has 4 rings (SSSR count). The quantitative estimate of drug-likeness (QED) is 0.674. The zero-order chi connectivity index (χ0) is 22.9. The second kappa shape index (κ2) is 8.69. The topological polar surface area (TPSA) is 70.7 Å². The molecule has 6 heteroatoms. The number of rotatable bonds is 4. The van der Waals surface area contributed by atoms with E-state index in [2.05, 4.69) is 24.5 Å². The lowest BCUT2D eigenvalue weighted by Crippen LogP contribution is -2.45. The van der Waals surface area contributed by atoms with E-state index in [1.165, 1.54) is 0 Å². The minimum absolute atomic E-state index is 0.0747. The number of carbonyl (C=O) groups excluding carboxylic acids is 2. The standard InChI is InChI=1S/C26H31N3O3/c1-5-14-27-25(31)29-21-9-7-6-8-19(21)28-20-15-26(2,3)16-22(30)23(20)24(29)17-10-12-18(32-4)13-11-17/h6-13,24,28H,5,14-16H2,1-4H3,(H,27,31)/t24-/m1/s1. The largest absolute Gasteiger partial charge is 0.497 e. The van der Waals surface area contributed by atoms with E-state index >= 15 is 0 Å². The normalized spacial score (nSPS) is 19.4. The van der Waals surface area contributed by atoms with Crippen LogP contribution >= 0.6 is 0 Å². The van der Waals surface area contributed by atoms with Gasteiger partial charge in [-0.3, -0.25) is 9.69 Å². The van der Waals surface area contributed by atoms with Gasteiger partial charge in [-0.2, -0.15) is 0 Å². The number of methoxy groups -OCH3 is 1. The molecule has 2 amide bonds. The molecule has 0 fully saturated rings. The van der Waals surface area contributed by atoms with Crippen molar-refractivity contribution in [2.75, 3.05) is 23.9 Å². The smallest absolute Gasteiger partial charge is 0.322 e. The van der Waals surface area contributed by atoms with E-state index < -0.39 is 6.04 Å². The van der Waals surface area contributed by atoms with Crippen LogP contribution in [0.25, 0.3) is 0 Å². The molecular weight excluding hydrogens is 402 g/mol. The van der Waals surface area contributed by atoms with Crippen molar-refractivity contribution in [3.8, 4) is 5.75 Å². The maximum absolute atomic E-state index is 13.6. The maximum atomic E-state index is 13.6. The Morgan fingerprint density at radius 2 is 1.88 bits per heavy atom. The first kappa shape index (κ1) is 21.9. The summed E-state index contributed by atoms with van der Waals surface area (Å²) in [5.74, 6) is 0.804. The molecule has 2 aromatic carbocycles. The van der Waals surface area contributed by atoms with E-state index in [-0.39, 0.29) is 17.2 Å². The predicted molar refractivity (Wildman–Crippen MR) is 127 cm³/mol. The van der Waals surface area contributed by atoms with Gasteiger partial charge >= 0.3 is 6.03 Å². The highest BCUT2D eigenvalue weighted by molar-refractivity contribution is 6.06. The van der Waals surface area contributed by atoms with Gasteiger partial charge in [0, 0.05) is 24.2 Å². The monoisotopic (exact) mass is 433 g/mol. The number of ether oxygens (including phenoxy) is 1. The molecule has 0 saturated carbocycles. The summed E-state index contributed by atoms with van der Waals surface area (Å²) in [5, 5.41) is 6.54. The number of fused-ring (bicyclic) bond motifs is 1. The number of anilines is 2. The first-order chi connectivity index (χ1) is 15.3. The summed E-state index contributed by atoms with van der Waals surface area (Å²) in [7, 11) is 1.62. The van der Waals surface area contributed by atoms with Gasteiger partial charge in [0.05, 0.1) is 24.5 Å². The Hall–Kier alpha value is -3.28. The SMILES string of the molecule is CCCNC(=O)N1c2ccccc2NC2=C(C(=O)CC(C)(C)C2)[C@H]1c1ccc(OC)cc1. The number of hydrogen-bond acceptors (Lipinski definition) is 4. The van der Waals surface area contributed by atoms with Crippen molar-refractivity contribution in [3.05, 3.63) is 65.4 Å². The van der Waals surface area contributed by atoms with Crippen LogP contribution in [0.5, 0.6) is 5.75 Å². The second-order valence-corrected chi connectivity index (χ2v) is 9.25. The minimum atomic E-state index is -0.535. The van der Waals surface area contributed by atoms with Crippen molar-refractivity contribution >= 4 is 23.2 Å². The van der Waals surface area contributed by atoms with E-state index in [4.69, 9.17) is 4.74 Å². The molecule has 0 aromatic heterocycles. The molecule has 0 bridgehead atoms. The number of ketones is 1. The van der Waals surface area contributed by atoms with Gasteiger partial charge in [0.1, 0.15) is 5.75 Å². The number of nitrogens with zero attached hydrogens (tertiary/aromatic N) is 1. The third kappa shape index (κ3) is 4.09. The van der Waals surface area contributed by atoms with E-state index in [1.807, 2.05) is 55.5 Å². The maximum Gasteiger partial charge on any atom is 0.322 e. The van der Waals surface area contributed by atoms with Crippen LogP contribution in [0, 0.1) is 5.41 Å². The lowest BCUT2D eigenvalue weighted by molar-refractivity contribution is -0.118. The highest BCUT2D eigenvalue weighted by atomic mass is 16.5. The van der Waals surface area contributed by atoms with Crippen molar-refractivity contribution < 1.29 is 14.3 Å². The number of benzene rings is 2. The van der Waals surface area contributed by atoms with Crippen molar-refractivity contribution in [2.24, 2.45) is 5.41 Å². The Morgan fingerprint density at radius 3 is 2.56 bits per heavy atom. The van der Waals surface area contributed by atoms with Gasteiger partial charge in [-0.1, -0.05) is 45.0 Å². The van der Waals surface area contributed by atoms with Crippen LogP contribution in [0.15, 0.2) is 59.8 Å². The molecule has 0 spiro atoms. The van der Waals surface area contributed by atoms with Gasteiger partial charge in [0.2, 0.25) is 0 Å². The average Bonchev–Trinajstić information content (AvgIpc) is 2.91. The van der Waals surface area contributed by atoms with E-state index in [9.17, 15) is 9.59 Å². The number of amides is 2. The lowest BCUT2D eigenvalue weighted by Gasteiger charge is -2.37. The van der Waals surface area contributed by atoms with E-state index in [0.717, 1.165) is 41.2 Å². The first-order valence-corrected chi connectivity index (χ1v) is 11.2. The van der Waals surface area contributed by atoms with Crippen LogP contribution in [-0.4, -0.2) is 25.5 Å². The Morgan fingerprint density at radius 1 is 1.16 bits per heavy atom. The predicted octanol–water partition coefficient (Wildman–Crippen LogP) is 5.43. The van der Waals surface area contributed by atoms with Gasteiger partial charge in [-0.15, -0.1) is 0 Å². The lowest BCUT2D eigenvalue weighted by atomic mass is 9.73. The molecule has 2 aliphatic rings. The minimum Gasteiger partial charge on any atom is -0.497 e. The van der Waals surface area contributed by atoms with E-state index in [0.29, 0.717) is 18.5 Å². The number of allylic oxidation sites excluding steroid dienone is 1. The molecule has 32 heavy (non-hydrogen) atoms. The molecule has 0 unspecified atom stereocenters. The van der Waals surface area contributed by atoms with Crippen molar-refractivity contribution in [3.63, 3.8) is 0 Å². The van der Waals surface area contributed by atoms with Crippen molar-refractivity contribution in [1.29, 1.82) is 0 Å². The highest BCUT2D eigenvalue weighted by Gasteiger charge is 2.43.